The zero-order valence-electron chi connectivity index (χ0n) is 10.9. The van der Waals surface area contributed by atoms with E-state index in [1.807, 2.05) is 31.2 Å². The predicted octanol–water partition coefficient (Wildman–Crippen LogP) is 1.61. The van der Waals surface area contributed by atoms with Crippen LogP contribution < -0.4 is 0 Å². The molecule has 1 aromatic rings. The molecule has 1 aromatic carbocycles. The van der Waals surface area contributed by atoms with E-state index in [1.165, 1.54) is 7.05 Å². The Balaban J connectivity index is 2.86. The number of aliphatic hydroxyl groups excluding tert-OH is 1. The second kappa shape index (κ2) is 6.13. The van der Waals surface area contributed by atoms with Crippen molar-refractivity contribution >= 4 is 16.1 Å². The smallest absolute Gasteiger partial charge is 0.236 e. The molecular formula is C13H19NO3S. The minimum Gasteiger partial charge on any atom is -0.395 e. The van der Waals surface area contributed by atoms with Crippen molar-refractivity contribution in [1.29, 1.82) is 0 Å². The molecule has 0 saturated heterocycles. The molecule has 0 saturated carbocycles. The topological polar surface area (TPSA) is 57.6 Å². The van der Waals surface area contributed by atoms with Gasteiger partial charge in [-0.1, -0.05) is 29.8 Å². The summed E-state index contributed by atoms with van der Waals surface area (Å²) in [5, 5.41) is 10.1. The van der Waals surface area contributed by atoms with Crippen molar-refractivity contribution in [2.75, 3.05) is 13.7 Å². The summed E-state index contributed by atoms with van der Waals surface area (Å²) in [5.41, 5.74) is 1.95. The van der Waals surface area contributed by atoms with Crippen LogP contribution in [0.1, 0.15) is 18.1 Å². The van der Waals surface area contributed by atoms with E-state index in [0.29, 0.717) is 0 Å². The molecule has 1 rings (SSSR count). The maximum absolute atomic E-state index is 11.9. The first kappa shape index (κ1) is 14.9. The zero-order chi connectivity index (χ0) is 13.8. The van der Waals surface area contributed by atoms with Crippen molar-refractivity contribution in [2.45, 2.75) is 19.9 Å². The number of benzene rings is 1. The Morgan fingerprint density at radius 3 is 2.39 bits per heavy atom. The average molecular weight is 269 g/mol. The van der Waals surface area contributed by atoms with Gasteiger partial charge in [0.1, 0.15) is 0 Å². The van der Waals surface area contributed by atoms with Crippen LogP contribution in [0.4, 0.5) is 0 Å². The molecule has 0 radical (unpaired) electrons. The lowest BCUT2D eigenvalue weighted by atomic mass is 10.2. The highest BCUT2D eigenvalue weighted by molar-refractivity contribution is 7.92. The fraction of sp³-hybridized carbons (Fsp3) is 0.385. The van der Waals surface area contributed by atoms with Gasteiger partial charge in [0.25, 0.3) is 0 Å². The van der Waals surface area contributed by atoms with Crippen LogP contribution in [0.15, 0.2) is 29.7 Å². The lowest BCUT2D eigenvalue weighted by molar-refractivity contribution is 0.215. The van der Waals surface area contributed by atoms with Crippen molar-refractivity contribution in [3.63, 3.8) is 0 Å². The second-order valence-corrected chi connectivity index (χ2v) is 6.18. The summed E-state index contributed by atoms with van der Waals surface area (Å²) in [7, 11) is -2.03. The predicted molar refractivity (Wildman–Crippen MR) is 73.4 cm³/mol. The Kier molecular flexibility index (Phi) is 5.07. The van der Waals surface area contributed by atoms with Crippen LogP contribution in [0.2, 0.25) is 0 Å². The van der Waals surface area contributed by atoms with Crippen LogP contribution in [0.25, 0.3) is 6.08 Å². The second-order valence-electron chi connectivity index (χ2n) is 4.31. The molecule has 4 nitrogen and oxygen atoms in total. The summed E-state index contributed by atoms with van der Waals surface area (Å²) >= 11 is 0. The third-order valence-corrected chi connectivity index (χ3v) is 4.44. The van der Waals surface area contributed by atoms with Crippen LogP contribution in [0.5, 0.6) is 0 Å². The number of aliphatic hydroxyl groups is 1. The van der Waals surface area contributed by atoms with Gasteiger partial charge >= 0.3 is 0 Å². The van der Waals surface area contributed by atoms with Gasteiger partial charge in [0.15, 0.2) is 0 Å². The minimum absolute atomic E-state index is 0.200. The molecule has 0 aliphatic carbocycles. The molecule has 0 aromatic heterocycles. The molecule has 1 N–H and O–H groups in total. The number of nitrogens with zero attached hydrogens (tertiary/aromatic N) is 1. The molecule has 0 amide bonds. The van der Waals surface area contributed by atoms with E-state index in [4.69, 9.17) is 5.11 Å². The number of likely N-dealkylation sites (N-methyl/N-ethyl adjacent to an activating group) is 1. The van der Waals surface area contributed by atoms with Gasteiger partial charge in [0.05, 0.1) is 6.61 Å². The zero-order valence-corrected chi connectivity index (χ0v) is 11.7. The van der Waals surface area contributed by atoms with Crippen molar-refractivity contribution in [2.24, 2.45) is 0 Å². The van der Waals surface area contributed by atoms with Gasteiger partial charge in [-0.25, -0.2) is 8.42 Å². The Hall–Kier alpha value is -1.17. The number of hydrogen-bond donors (Lipinski definition) is 1. The van der Waals surface area contributed by atoms with Crippen molar-refractivity contribution in [3.05, 3.63) is 40.8 Å². The van der Waals surface area contributed by atoms with Gasteiger partial charge in [0, 0.05) is 18.5 Å². The minimum atomic E-state index is -3.49. The summed E-state index contributed by atoms with van der Waals surface area (Å²) in [5.74, 6) is 0. The fourth-order valence-corrected chi connectivity index (χ4v) is 2.39. The summed E-state index contributed by atoms with van der Waals surface area (Å²) in [6.07, 6.45) is 1.55. The highest BCUT2D eigenvalue weighted by Crippen LogP contribution is 2.10. The Bertz CT molecular complexity index is 506. The summed E-state index contributed by atoms with van der Waals surface area (Å²) < 4.78 is 24.9. The van der Waals surface area contributed by atoms with Gasteiger partial charge in [0.2, 0.25) is 10.0 Å². The van der Waals surface area contributed by atoms with Gasteiger partial charge in [-0.3, -0.25) is 0 Å². The Morgan fingerprint density at radius 2 is 1.89 bits per heavy atom. The Labute approximate surface area is 109 Å². The number of rotatable bonds is 5. The quantitative estimate of drug-likeness (QED) is 0.883. The lowest BCUT2D eigenvalue weighted by Gasteiger charge is -2.20. The molecule has 0 aliphatic rings. The van der Waals surface area contributed by atoms with Crippen molar-refractivity contribution < 1.29 is 13.5 Å². The van der Waals surface area contributed by atoms with E-state index in [2.05, 4.69) is 0 Å². The van der Waals surface area contributed by atoms with E-state index >= 15 is 0 Å². The molecule has 100 valence electrons. The van der Waals surface area contributed by atoms with Crippen LogP contribution in [-0.4, -0.2) is 37.5 Å². The third-order valence-electron chi connectivity index (χ3n) is 2.80. The van der Waals surface area contributed by atoms with Gasteiger partial charge < -0.3 is 5.11 Å². The van der Waals surface area contributed by atoms with E-state index in [9.17, 15) is 8.42 Å². The molecule has 5 heteroatoms. The van der Waals surface area contributed by atoms with E-state index in [-0.39, 0.29) is 6.61 Å². The van der Waals surface area contributed by atoms with E-state index in [0.717, 1.165) is 20.8 Å². The SMILES string of the molecule is Cc1ccc(/C=C/S(=O)(=O)N(C)C(C)CO)cc1. The monoisotopic (exact) mass is 269 g/mol. The van der Waals surface area contributed by atoms with Crippen molar-refractivity contribution in [1.82, 2.24) is 4.31 Å². The maximum Gasteiger partial charge on any atom is 0.236 e. The first-order chi connectivity index (χ1) is 8.36. The van der Waals surface area contributed by atoms with Crippen LogP contribution in [-0.2, 0) is 10.0 Å². The lowest BCUT2D eigenvalue weighted by Crippen LogP contribution is -2.35. The van der Waals surface area contributed by atoms with Gasteiger partial charge in [-0.2, -0.15) is 4.31 Å². The summed E-state index contributed by atoms with van der Waals surface area (Å²) in [6.45, 7) is 3.42. The fourth-order valence-electron chi connectivity index (χ4n) is 1.30. The molecule has 0 bridgehead atoms. The van der Waals surface area contributed by atoms with Crippen LogP contribution in [0, 0.1) is 6.92 Å². The van der Waals surface area contributed by atoms with Gasteiger partial charge in [-0.05, 0) is 25.5 Å². The molecule has 18 heavy (non-hydrogen) atoms. The first-order valence-corrected chi connectivity index (χ1v) is 7.21. The summed E-state index contributed by atoms with van der Waals surface area (Å²) in [4.78, 5) is 0. The van der Waals surface area contributed by atoms with Gasteiger partial charge in [-0.15, -0.1) is 0 Å². The highest BCUT2D eigenvalue weighted by Gasteiger charge is 2.19. The van der Waals surface area contributed by atoms with E-state index in [1.54, 1.807) is 13.0 Å². The Morgan fingerprint density at radius 1 is 1.33 bits per heavy atom. The number of aryl methyl sites for hydroxylation is 1. The first-order valence-electron chi connectivity index (χ1n) is 5.70. The molecular weight excluding hydrogens is 250 g/mol. The number of sulfonamides is 1. The standard InChI is InChI=1S/C13H19NO3S/c1-11-4-6-13(7-5-11)8-9-18(16,17)14(3)12(2)10-15/h4-9,12,15H,10H2,1-3H3/b9-8+. The largest absolute Gasteiger partial charge is 0.395 e. The van der Waals surface area contributed by atoms with Crippen molar-refractivity contribution in [3.8, 4) is 0 Å². The number of hydrogen-bond acceptors (Lipinski definition) is 3. The molecule has 0 fully saturated rings. The molecule has 0 spiro atoms. The average Bonchev–Trinajstić information content (AvgIpc) is 2.36. The highest BCUT2D eigenvalue weighted by atomic mass is 32.2. The maximum atomic E-state index is 11.9. The molecule has 0 aliphatic heterocycles. The van der Waals surface area contributed by atoms with Crippen LogP contribution >= 0.6 is 0 Å². The normalized spacial score (nSPS) is 14.3. The molecule has 1 atom stereocenters. The van der Waals surface area contributed by atoms with E-state index < -0.39 is 16.1 Å². The van der Waals surface area contributed by atoms with Crippen LogP contribution in [0.3, 0.4) is 0 Å². The third kappa shape index (κ3) is 3.94. The molecule has 1 unspecified atom stereocenters. The summed E-state index contributed by atoms with van der Waals surface area (Å²) in [6, 6.07) is 7.13. The molecule has 0 heterocycles.